The molecule has 3 aromatic rings. The molecule has 3 heterocycles. The minimum absolute atomic E-state index is 0.485. The summed E-state index contributed by atoms with van der Waals surface area (Å²) in [7, 11) is 1.64. The Balaban J connectivity index is 2.54. The molecule has 0 aliphatic heterocycles. The first kappa shape index (κ1) is 8.96. The van der Waals surface area contributed by atoms with E-state index in [0.717, 1.165) is 27.7 Å². The van der Waals surface area contributed by atoms with Crippen molar-refractivity contribution in [2.24, 2.45) is 0 Å². The zero-order chi connectivity index (χ0) is 11.1. The lowest BCUT2D eigenvalue weighted by Gasteiger charge is -2.00. The summed E-state index contributed by atoms with van der Waals surface area (Å²) in [6, 6.07) is 3.64. The highest BCUT2D eigenvalue weighted by Crippen LogP contribution is 2.31. The Morgan fingerprint density at radius 2 is 2.25 bits per heavy atom. The Bertz CT molecular complexity index is 674. The molecule has 0 radical (unpaired) electrons. The van der Waals surface area contributed by atoms with E-state index in [2.05, 4.69) is 15.0 Å². The summed E-state index contributed by atoms with van der Waals surface area (Å²) in [6.45, 7) is 0. The van der Waals surface area contributed by atoms with E-state index in [1.165, 1.54) is 0 Å². The summed E-state index contributed by atoms with van der Waals surface area (Å²) in [5.74, 6) is 1.26. The van der Waals surface area contributed by atoms with Crippen molar-refractivity contribution < 1.29 is 4.74 Å². The number of pyridine rings is 2. The molecule has 16 heavy (non-hydrogen) atoms. The van der Waals surface area contributed by atoms with Gasteiger partial charge in [0.2, 0.25) is 0 Å². The summed E-state index contributed by atoms with van der Waals surface area (Å²) in [6.07, 6.45) is 3.40. The maximum atomic E-state index is 5.68. The number of nitrogens with one attached hydrogen (secondary N) is 1. The van der Waals surface area contributed by atoms with Crippen molar-refractivity contribution >= 4 is 27.8 Å². The van der Waals surface area contributed by atoms with E-state index in [0.29, 0.717) is 5.82 Å². The summed E-state index contributed by atoms with van der Waals surface area (Å²) >= 11 is 0. The van der Waals surface area contributed by atoms with Gasteiger partial charge in [-0.2, -0.15) is 0 Å². The molecule has 5 heteroatoms. The Labute approximate surface area is 91.3 Å². The largest absolute Gasteiger partial charge is 0.496 e. The second kappa shape index (κ2) is 3.10. The predicted octanol–water partition coefficient (Wildman–Crippen LogP) is 1.70. The van der Waals surface area contributed by atoms with E-state index >= 15 is 0 Å². The van der Waals surface area contributed by atoms with E-state index in [9.17, 15) is 0 Å². The van der Waals surface area contributed by atoms with Gasteiger partial charge in [0.1, 0.15) is 17.2 Å². The maximum absolute atomic E-state index is 5.68. The maximum Gasteiger partial charge on any atom is 0.142 e. The van der Waals surface area contributed by atoms with E-state index in [1.54, 1.807) is 19.5 Å². The number of nitrogen functional groups attached to an aromatic ring is 1. The molecule has 0 aromatic carbocycles. The summed E-state index contributed by atoms with van der Waals surface area (Å²) in [5.41, 5.74) is 7.36. The molecule has 3 N–H and O–H groups in total. The lowest BCUT2D eigenvalue weighted by molar-refractivity contribution is 0.420. The van der Waals surface area contributed by atoms with Crippen molar-refractivity contribution in [3.05, 3.63) is 24.5 Å². The van der Waals surface area contributed by atoms with E-state index in [1.807, 2.05) is 12.1 Å². The molecule has 0 spiro atoms. The van der Waals surface area contributed by atoms with E-state index in [4.69, 9.17) is 10.5 Å². The molecule has 0 atom stereocenters. The van der Waals surface area contributed by atoms with Gasteiger partial charge in [0.05, 0.1) is 24.2 Å². The molecule has 0 saturated carbocycles. The molecule has 0 amide bonds. The fourth-order valence-electron chi connectivity index (χ4n) is 1.87. The van der Waals surface area contributed by atoms with Gasteiger partial charge in [-0.1, -0.05) is 0 Å². The van der Waals surface area contributed by atoms with Gasteiger partial charge >= 0.3 is 0 Å². The van der Waals surface area contributed by atoms with Gasteiger partial charge in [0.25, 0.3) is 0 Å². The molecule has 80 valence electrons. The Morgan fingerprint density at radius 1 is 1.38 bits per heavy atom. The first-order valence-electron chi connectivity index (χ1n) is 4.85. The second-order valence-corrected chi connectivity index (χ2v) is 3.52. The monoisotopic (exact) mass is 214 g/mol. The number of anilines is 1. The van der Waals surface area contributed by atoms with Crippen LogP contribution in [0.15, 0.2) is 24.5 Å². The first-order chi connectivity index (χ1) is 7.79. The number of nitrogens with two attached hydrogens (primary N) is 1. The van der Waals surface area contributed by atoms with E-state index < -0.39 is 0 Å². The van der Waals surface area contributed by atoms with Crippen LogP contribution in [0.1, 0.15) is 0 Å². The molecule has 0 aliphatic carbocycles. The average Bonchev–Trinajstić information content (AvgIpc) is 2.66. The number of aromatic amines is 1. The summed E-state index contributed by atoms with van der Waals surface area (Å²) in [4.78, 5) is 11.5. The fourth-order valence-corrected chi connectivity index (χ4v) is 1.87. The Kier molecular flexibility index (Phi) is 1.73. The zero-order valence-electron chi connectivity index (χ0n) is 8.69. The standard InChI is InChI=1S/C11H10N4O/c1-16-8-2-3-13-11-10(8)6-4-9(12)14-5-7(6)15-11/h2-5H,1H3,(H2,12,14)(H,13,15). The van der Waals surface area contributed by atoms with Crippen LogP contribution in [0.3, 0.4) is 0 Å². The number of nitrogens with zero attached hydrogens (tertiary/aromatic N) is 2. The summed E-state index contributed by atoms with van der Waals surface area (Å²) in [5, 5.41) is 1.92. The number of aromatic nitrogens is 3. The molecule has 3 aromatic heterocycles. The highest BCUT2D eigenvalue weighted by atomic mass is 16.5. The van der Waals surface area contributed by atoms with Crippen LogP contribution in [0.5, 0.6) is 5.75 Å². The van der Waals surface area contributed by atoms with Crippen molar-refractivity contribution in [1.29, 1.82) is 0 Å². The highest BCUT2D eigenvalue weighted by molar-refractivity contribution is 6.09. The number of ether oxygens (including phenoxy) is 1. The average molecular weight is 214 g/mol. The van der Waals surface area contributed by atoms with Gasteiger partial charge in [-0.3, -0.25) is 0 Å². The molecular formula is C11H10N4O. The normalized spacial score (nSPS) is 11.1. The number of rotatable bonds is 1. The van der Waals surface area contributed by atoms with Gasteiger partial charge in [-0.05, 0) is 12.1 Å². The minimum atomic E-state index is 0.485. The molecule has 0 saturated heterocycles. The van der Waals surface area contributed by atoms with Gasteiger partial charge in [-0.25, -0.2) is 9.97 Å². The third-order valence-electron chi connectivity index (χ3n) is 2.58. The van der Waals surface area contributed by atoms with Gasteiger partial charge in [0, 0.05) is 11.6 Å². The Hall–Kier alpha value is -2.30. The molecular weight excluding hydrogens is 204 g/mol. The molecule has 3 rings (SSSR count). The fraction of sp³-hybridized carbons (Fsp3) is 0.0909. The van der Waals surface area contributed by atoms with Crippen molar-refractivity contribution in [1.82, 2.24) is 15.0 Å². The van der Waals surface area contributed by atoms with Crippen molar-refractivity contribution in [2.75, 3.05) is 12.8 Å². The molecule has 0 unspecified atom stereocenters. The third-order valence-corrected chi connectivity index (χ3v) is 2.58. The second-order valence-electron chi connectivity index (χ2n) is 3.52. The van der Waals surface area contributed by atoms with Crippen LogP contribution < -0.4 is 10.5 Å². The van der Waals surface area contributed by atoms with Crippen molar-refractivity contribution in [3.8, 4) is 5.75 Å². The smallest absolute Gasteiger partial charge is 0.142 e. The van der Waals surface area contributed by atoms with Gasteiger partial charge in [0.15, 0.2) is 0 Å². The predicted molar refractivity (Wildman–Crippen MR) is 62.4 cm³/mol. The number of hydrogen-bond acceptors (Lipinski definition) is 4. The first-order valence-corrected chi connectivity index (χ1v) is 4.85. The van der Waals surface area contributed by atoms with Crippen LogP contribution in [-0.4, -0.2) is 22.1 Å². The minimum Gasteiger partial charge on any atom is -0.496 e. The zero-order valence-corrected chi connectivity index (χ0v) is 8.69. The SMILES string of the molecule is COc1ccnc2[nH]c3cnc(N)cc3c12. The molecule has 0 fully saturated rings. The molecule has 0 aliphatic rings. The van der Waals surface area contributed by atoms with Gasteiger partial charge in [-0.15, -0.1) is 0 Å². The molecule has 5 nitrogen and oxygen atoms in total. The molecule has 0 bridgehead atoms. The van der Waals surface area contributed by atoms with Crippen LogP contribution in [0, 0.1) is 0 Å². The van der Waals surface area contributed by atoms with Crippen LogP contribution in [0.4, 0.5) is 5.82 Å². The third kappa shape index (κ3) is 1.11. The number of H-pyrrole nitrogens is 1. The lowest BCUT2D eigenvalue weighted by Crippen LogP contribution is -1.88. The van der Waals surface area contributed by atoms with Crippen LogP contribution in [0.25, 0.3) is 21.9 Å². The Morgan fingerprint density at radius 3 is 3.06 bits per heavy atom. The summed E-state index contributed by atoms with van der Waals surface area (Å²) < 4.78 is 5.31. The lowest BCUT2D eigenvalue weighted by atomic mass is 10.2. The topological polar surface area (TPSA) is 76.8 Å². The highest BCUT2D eigenvalue weighted by Gasteiger charge is 2.10. The van der Waals surface area contributed by atoms with Gasteiger partial charge < -0.3 is 15.5 Å². The van der Waals surface area contributed by atoms with Crippen molar-refractivity contribution in [3.63, 3.8) is 0 Å². The number of methoxy groups -OCH3 is 1. The van der Waals surface area contributed by atoms with Crippen LogP contribution >= 0.6 is 0 Å². The number of fused-ring (bicyclic) bond motifs is 3. The van der Waals surface area contributed by atoms with E-state index in [-0.39, 0.29) is 0 Å². The van der Waals surface area contributed by atoms with Crippen LogP contribution in [-0.2, 0) is 0 Å². The number of hydrogen-bond donors (Lipinski definition) is 2. The van der Waals surface area contributed by atoms with Crippen LogP contribution in [0.2, 0.25) is 0 Å². The van der Waals surface area contributed by atoms with Crippen molar-refractivity contribution in [2.45, 2.75) is 0 Å². The quantitative estimate of drug-likeness (QED) is 0.646.